The average Bonchev–Trinajstić information content (AvgIpc) is 2.30. The van der Waals surface area contributed by atoms with Crippen LogP contribution >= 0.6 is 0 Å². The molecule has 2 rings (SSSR count). The van der Waals surface area contributed by atoms with Gasteiger partial charge in [0.1, 0.15) is 0 Å². The van der Waals surface area contributed by atoms with Crippen LogP contribution in [0.5, 0.6) is 0 Å². The fraction of sp³-hybridized carbons (Fsp3) is 0.462. The predicted molar refractivity (Wildman–Crippen MR) is 60.4 cm³/mol. The minimum absolute atomic E-state index is 0.247. The van der Waals surface area contributed by atoms with Crippen LogP contribution in [-0.4, -0.2) is 16.2 Å². The Labute approximate surface area is 94.7 Å². The van der Waals surface area contributed by atoms with Gasteiger partial charge < -0.3 is 10.2 Å². The molecule has 1 aromatic rings. The Morgan fingerprint density at radius 2 is 1.88 bits per heavy atom. The number of rotatable bonds is 2. The third-order valence-corrected chi connectivity index (χ3v) is 3.33. The Bertz CT molecular complexity index is 392. The second-order valence-electron chi connectivity index (χ2n) is 4.48. The van der Waals surface area contributed by atoms with Crippen molar-refractivity contribution in [3.05, 3.63) is 35.4 Å². The standard InChI is InChI=1S/C13H16O3/c14-12(15)10-5-4-6-11(9-10)13(16)7-2-1-3-8-13/h4-6,9,16H,1-3,7-8H2,(H,14,15). The molecule has 1 aliphatic rings. The van der Waals surface area contributed by atoms with E-state index >= 15 is 0 Å². The zero-order valence-electron chi connectivity index (χ0n) is 9.15. The topological polar surface area (TPSA) is 57.5 Å². The molecule has 2 N–H and O–H groups in total. The molecule has 1 saturated carbocycles. The molecule has 0 spiro atoms. The van der Waals surface area contributed by atoms with Crippen LogP contribution in [0.15, 0.2) is 24.3 Å². The normalized spacial score (nSPS) is 19.3. The van der Waals surface area contributed by atoms with E-state index in [1.807, 2.05) is 6.07 Å². The van der Waals surface area contributed by atoms with E-state index in [1.54, 1.807) is 18.2 Å². The van der Waals surface area contributed by atoms with Crippen LogP contribution in [0.25, 0.3) is 0 Å². The Morgan fingerprint density at radius 3 is 2.50 bits per heavy atom. The van der Waals surface area contributed by atoms with Crippen molar-refractivity contribution in [2.24, 2.45) is 0 Å². The molecule has 0 aliphatic heterocycles. The second-order valence-corrected chi connectivity index (χ2v) is 4.48. The molecule has 1 aliphatic carbocycles. The average molecular weight is 220 g/mol. The number of hydrogen-bond donors (Lipinski definition) is 2. The van der Waals surface area contributed by atoms with E-state index in [1.165, 1.54) is 0 Å². The van der Waals surface area contributed by atoms with Crippen LogP contribution in [0.1, 0.15) is 48.0 Å². The van der Waals surface area contributed by atoms with Crippen molar-refractivity contribution in [1.29, 1.82) is 0 Å². The second kappa shape index (κ2) is 4.26. The van der Waals surface area contributed by atoms with Gasteiger partial charge in [-0.3, -0.25) is 0 Å². The van der Waals surface area contributed by atoms with Crippen LogP contribution in [0.3, 0.4) is 0 Å². The highest BCUT2D eigenvalue weighted by Gasteiger charge is 2.31. The molecule has 0 saturated heterocycles. The van der Waals surface area contributed by atoms with E-state index in [9.17, 15) is 9.90 Å². The summed E-state index contributed by atoms with van der Waals surface area (Å²) >= 11 is 0. The van der Waals surface area contributed by atoms with Crippen molar-refractivity contribution in [3.63, 3.8) is 0 Å². The molecule has 0 amide bonds. The van der Waals surface area contributed by atoms with E-state index < -0.39 is 11.6 Å². The summed E-state index contributed by atoms with van der Waals surface area (Å²) in [6, 6.07) is 6.66. The number of benzene rings is 1. The molecular formula is C13H16O3. The smallest absolute Gasteiger partial charge is 0.335 e. The quantitative estimate of drug-likeness (QED) is 0.805. The van der Waals surface area contributed by atoms with Gasteiger partial charge >= 0.3 is 5.97 Å². The van der Waals surface area contributed by atoms with Gasteiger partial charge in [0.15, 0.2) is 0 Å². The maximum absolute atomic E-state index is 10.9. The van der Waals surface area contributed by atoms with Crippen molar-refractivity contribution in [2.75, 3.05) is 0 Å². The van der Waals surface area contributed by atoms with Gasteiger partial charge in [0.2, 0.25) is 0 Å². The molecule has 0 heterocycles. The summed E-state index contributed by atoms with van der Waals surface area (Å²) in [7, 11) is 0. The molecule has 16 heavy (non-hydrogen) atoms. The molecule has 0 unspecified atom stereocenters. The third kappa shape index (κ3) is 2.09. The van der Waals surface area contributed by atoms with Gasteiger partial charge in [-0.1, -0.05) is 31.4 Å². The van der Waals surface area contributed by atoms with E-state index in [4.69, 9.17) is 5.11 Å². The molecule has 3 nitrogen and oxygen atoms in total. The van der Waals surface area contributed by atoms with E-state index in [0.717, 1.165) is 37.7 Å². The molecule has 1 fully saturated rings. The van der Waals surface area contributed by atoms with Crippen molar-refractivity contribution in [2.45, 2.75) is 37.7 Å². The highest BCUT2D eigenvalue weighted by molar-refractivity contribution is 5.87. The zero-order valence-corrected chi connectivity index (χ0v) is 9.15. The van der Waals surface area contributed by atoms with Gasteiger partial charge in [-0.15, -0.1) is 0 Å². The minimum atomic E-state index is -0.943. The fourth-order valence-corrected chi connectivity index (χ4v) is 2.37. The number of aliphatic hydroxyl groups is 1. The molecular weight excluding hydrogens is 204 g/mol. The molecule has 86 valence electrons. The van der Waals surface area contributed by atoms with Crippen LogP contribution < -0.4 is 0 Å². The SMILES string of the molecule is O=C(O)c1cccc(C2(O)CCCCC2)c1. The number of aromatic carboxylic acids is 1. The molecule has 0 bridgehead atoms. The van der Waals surface area contributed by atoms with E-state index in [2.05, 4.69) is 0 Å². The van der Waals surface area contributed by atoms with Gasteiger partial charge in [0, 0.05) is 0 Å². The maximum atomic E-state index is 10.9. The molecule has 0 aromatic heterocycles. The van der Waals surface area contributed by atoms with Gasteiger partial charge in [0.05, 0.1) is 11.2 Å². The van der Waals surface area contributed by atoms with Gasteiger partial charge in [-0.2, -0.15) is 0 Å². The summed E-state index contributed by atoms with van der Waals surface area (Å²) in [4.78, 5) is 10.9. The lowest BCUT2D eigenvalue weighted by molar-refractivity contribution is -0.000681. The maximum Gasteiger partial charge on any atom is 0.335 e. The minimum Gasteiger partial charge on any atom is -0.478 e. The first-order chi connectivity index (χ1) is 7.62. The summed E-state index contributed by atoms with van der Waals surface area (Å²) in [5.74, 6) is -0.943. The molecule has 1 aromatic carbocycles. The summed E-state index contributed by atoms with van der Waals surface area (Å²) in [6.45, 7) is 0. The van der Waals surface area contributed by atoms with Crippen LogP contribution in [-0.2, 0) is 5.60 Å². The number of hydrogen-bond acceptors (Lipinski definition) is 2. The Hall–Kier alpha value is -1.35. The van der Waals surface area contributed by atoms with Crippen LogP contribution in [0.2, 0.25) is 0 Å². The molecule has 0 atom stereocenters. The first-order valence-electron chi connectivity index (χ1n) is 5.68. The van der Waals surface area contributed by atoms with Crippen molar-refractivity contribution >= 4 is 5.97 Å². The lowest BCUT2D eigenvalue weighted by atomic mass is 9.79. The molecule has 3 heteroatoms. The van der Waals surface area contributed by atoms with Crippen molar-refractivity contribution < 1.29 is 15.0 Å². The van der Waals surface area contributed by atoms with E-state index in [0.29, 0.717) is 0 Å². The van der Waals surface area contributed by atoms with Crippen molar-refractivity contribution in [1.82, 2.24) is 0 Å². The van der Waals surface area contributed by atoms with E-state index in [-0.39, 0.29) is 5.56 Å². The Balaban J connectivity index is 2.31. The highest BCUT2D eigenvalue weighted by Crippen LogP contribution is 2.37. The summed E-state index contributed by atoms with van der Waals surface area (Å²) < 4.78 is 0. The first-order valence-corrected chi connectivity index (χ1v) is 5.68. The number of carbonyl (C=O) groups is 1. The fourth-order valence-electron chi connectivity index (χ4n) is 2.37. The Morgan fingerprint density at radius 1 is 1.19 bits per heavy atom. The zero-order chi connectivity index (χ0) is 11.6. The number of carboxylic acids is 1. The summed E-state index contributed by atoms with van der Waals surface area (Å²) in [5.41, 5.74) is 0.174. The predicted octanol–water partition coefficient (Wildman–Crippen LogP) is 2.54. The highest BCUT2D eigenvalue weighted by atomic mass is 16.4. The van der Waals surface area contributed by atoms with Crippen molar-refractivity contribution in [3.8, 4) is 0 Å². The lowest BCUT2D eigenvalue weighted by Crippen LogP contribution is -2.28. The third-order valence-electron chi connectivity index (χ3n) is 3.33. The molecule has 0 radical (unpaired) electrons. The largest absolute Gasteiger partial charge is 0.478 e. The van der Waals surface area contributed by atoms with Gasteiger partial charge in [-0.25, -0.2) is 4.79 Å². The van der Waals surface area contributed by atoms with Gasteiger partial charge in [-0.05, 0) is 30.5 Å². The Kier molecular flexibility index (Phi) is 2.97. The number of carboxylic acid groups (broad SMARTS) is 1. The summed E-state index contributed by atoms with van der Waals surface area (Å²) in [6.07, 6.45) is 4.63. The van der Waals surface area contributed by atoms with Crippen LogP contribution in [0, 0.1) is 0 Å². The monoisotopic (exact) mass is 220 g/mol. The summed E-state index contributed by atoms with van der Waals surface area (Å²) in [5, 5.41) is 19.4. The van der Waals surface area contributed by atoms with Crippen LogP contribution in [0.4, 0.5) is 0 Å². The van der Waals surface area contributed by atoms with Gasteiger partial charge in [0.25, 0.3) is 0 Å². The lowest BCUT2D eigenvalue weighted by Gasteiger charge is -2.32. The first kappa shape index (κ1) is 11.1.